The molecule has 0 radical (unpaired) electrons. The Morgan fingerprint density at radius 2 is 1.94 bits per heavy atom. The van der Waals surface area contributed by atoms with E-state index in [1.807, 2.05) is 42.5 Å². The molecule has 0 bridgehead atoms. The van der Waals surface area contributed by atoms with Gasteiger partial charge < -0.3 is 9.47 Å². The Hall–Kier alpha value is -2.70. The summed E-state index contributed by atoms with van der Waals surface area (Å²) in [6, 6.07) is 13.6. The summed E-state index contributed by atoms with van der Waals surface area (Å²) in [7, 11) is 0. The highest BCUT2D eigenvalue weighted by Crippen LogP contribution is 2.43. The van der Waals surface area contributed by atoms with Crippen LogP contribution < -0.4 is 4.74 Å². The second-order valence-corrected chi connectivity index (χ2v) is 8.63. The highest BCUT2D eigenvalue weighted by Gasteiger charge is 2.23. The predicted octanol–water partition coefficient (Wildman–Crippen LogP) is 6.74. The Balaban J connectivity index is 1.70. The lowest BCUT2D eigenvalue weighted by Gasteiger charge is -2.15. The molecule has 0 unspecified atom stereocenters. The van der Waals surface area contributed by atoms with Crippen LogP contribution >= 0.6 is 27.5 Å². The predicted molar refractivity (Wildman–Crippen MR) is 129 cm³/mol. The van der Waals surface area contributed by atoms with Gasteiger partial charge in [-0.3, -0.25) is 4.98 Å². The molecular weight excluding hydrogens is 492 g/mol. The van der Waals surface area contributed by atoms with Crippen molar-refractivity contribution >= 4 is 44.6 Å². The number of halogens is 2. The van der Waals surface area contributed by atoms with Crippen molar-refractivity contribution in [2.75, 3.05) is 6.61 Å². The lowest BCUT2D eigenvalue weighted by atomic mass is 9.99. The molecule has 0 aliphatic heterocycles. The highest BCUT2D eigenvalue weighted by atomic mass is 79.9. The lowest BCUT2D eigenvalue weighted by molar-refractivity contribution is 0.0519. The molecule has 0 spiro atoms. The molecule has 0 N–H and O–H groups in total. The van der Waals surface area contributed by atoms with Crippen LogP contribution in [0.3, 0.4) is 0 Å². The Bertz CT molecular complexity index is 1180. The summed E-state index contributed by atoms with van der Waals surface area (Å²) in [5.41, 5.74) is 5.06. The number of hydrogen-bond acceptors (Lipinski definition) is 5. The fraction of sp³-hybridized carbons (Fsp3) is 0.240. The first-order valence-electron chi connectivity index (χ1n) is 10.4. The van der Waals surface area contributed by atoms with Gasteiger partial charge in [-0.05, 0) is 61.6 Å². The molecule has 0 saturated carbocycles. The van der Waals surface area contributed by atoms with Crippen molar-refractivity contribution in [3.63, 3.8) is 0 Å². The van der Waals surface area contributed by atoms with E-state index >= 15 is 0 Å². The van der Waals surface area contributed by atoms with Gasteiger partial charge in [-0.2, -0.15) is 0 Å². The van der Waals surface area contributed by atoms with E-state index < -0.39 is 5.97 Å². The van der Waals surface area contributed by atoms with E-state index in [1.54, 1.807) is 13.1 Å². The number of benzene rings is 2. The van der Waals surface area contributed by atoms with Gasteiger partial charge in [0.25, 0.3) is 0 Å². The largest absolute Gasteiger partial charge is 0.488 e. The number of nitrogens with zero attached hydrogens (tertiary/aromatic N) is 2. The number of aromatic nitrogens is 2. The monoisotopic (exact) mass is 512 g/mol. The van der Waals surface area contributed by atoms with Crippen molar-refractivity contribution in [2.45, 2.75) is 32.8 Å². The second-order valence-electron chi connectivity index (χ2n) is 7.34. The number of rotatable bonds is 7. The van der Waals surface area contributed by atoms with Crippen molar-refractivity contribution in [2.24, 2.45) is 0 Å². The van der Waals surface area contributed by atoms with E-state index in [0.29, 0.717) is 23.9 Å². The maximum absolute atomic E-state index is 12.1. The van der Waals surface area contributed by atoms with Crippen molar-refractivity contribution in [3.8, 4) is 5.75 Å². The number of hydrogen-bond donors (Lipinski definition) is 0. The Labute approximate surface area is 200 Å². The molecule has 0 amide bonds. The van der Waals surface area contributed by atoms with E-state index in [0.717, 1.165) is 51.8 Å². The molecule has 32 heavy (non-hydrogen) atoms. The zero-order valence-corrected chi connectivity index (χ0v) is 19.9. The Kier molecular flexibility index (Phi) is 7.22. The SMILES string of the molecule is CCOC(=O)c1cncc(C2=C(c3cc(Cl)ccc3OCc3ccccc3Br)CCC2)n1. The first kappa shape index (κ1) is 22.5. The molecule has 0 saturated heterocycles. The van der Waals surface area contributed by atoms with Gasteiger partial charge in [-0.25, -0.2) is 9.78 Å². The van der Waals surface area contributed by atoms with Crippen molar-refractivity contribution in [1.29, 1.82) is 0 Å². The summed E-state index contributed by atoms with van der Waals surface area (Å²) in [6.45, 7) is 2.48. The third-order valence-electron chi connectivity index (χ3n) is 5.25. The number of allylic oxidation sites excluding steroid dienone is 2. The molecule has 1 aliphatic rings. The van der Waals surface area contributed by atoms with Gasteiger partial charge in [0.15, 0.2) is 5.69 Å². The molecule has 4 rings (SSSR count). The first-order chi connectivity index (χ1) is 15.6. The van der Waals surface area contributed by atoms with E-state index in [2.05, 4.69) is 25.9 Å². The molecule has 0 atom stereocenters. The van der Waals surface area contributed by atoms with Crippen LogP contribution in [-0.4, -0.2) is 22.5 Å². The molecule has 0 fully saturated rings. The van der Waals surface area contributed by atoms with Crippen LogP contribution in [0.4, 0.5) is 0 Å². The van der Waals surface area contributed by atoms with Gasteiger partial charge in [-0.1, -0.05) is 45.7 Å². The van der Waals surface area contributed by atoms with Gasteiger partial charge in [0.05, 0.1) is 24.7 Å². The second kappa shape index (κ2) is 10.3. The van der Waals surface area contributed by atoms with E-state index in [1.165, 1.54) is 6.20 Å². The topological polar surface area (TPSA) is 61.3 Å². The van der Waals surface area contributed by atoms with Crippen molar-refractivity contribution < 1.29 is 14.3 Å². The molecular formula is C25H22BrClN2O3. The Morgan fingerprint density at radius 3 is 2.75 bits per heavy atom. The quantitative estimate of drug-likeness (QED) is 0.327. The minimum Gasteiger partial charge on any atom is -0.488 e. The van der Waals surface area contributed by atoms with Crippen LogP contribution in [0.15, 0.2) is 59.3 Å². The third-order valence-corrected chi connectivity index (χ3v) is 6.26. The van der Waals surface area contributed by atoms with Crippen molar-refractivity contribution in [3.05, 3.63) is 86.9 Å². The normalized spacial score (nSPS) is 13.3. The lowest BCUT2D eigenvalue weighted by Crippen LogP contribution is -2.09. The number of ether oxygens (including phenoxy) is 2. The smallest absolute Gasteiger partial charge is 0.358 e. The number of carbonyl (C=O) groups excluding carboxylic acids is 1. The van der Waals surface area contributed by atoms with Crippen LogP contribution in [0.25, 0.3) is 11.1 Å². The molecule has 7 heteroatoms. The van der Waals surface area contributed by atoms with E-state index in [4.69, 9.17) is 21.1 Å². The molecule has 2 aromatic carbocycles. The van der Waals surface area contributed by atoms with Crippen LogP contribution in [0.2, 0.25) is 5.02 Å². The Morgan fingerprint density at radius 1 is 1.12 bits per heavy atom. The maximum Gasteiger partial charge on any atom is 0.358 e. The van der Waals surface area contributed by atoms with Crippen LogP contribution in [0.1, 0.15) is 53.5 Å². The van der Waals surface area contributed by atoms with Gasteiger partial charge >= 0.3 is 5.97 Å². The molecule has 164 valence electrons. The van der Waals surface area contributed by atoms with Crippen LogP contribution in [0.5, 0.6) is 5.75 Å². The highest BCUT2D eigenvalue weighted by molar-refractivity contribution is 9.10. The summed E-state index contributed by atoms with van der Waals surface area (Å²) in [4.78, 5) is 20.9. The van der Waals surface area contributed by atoms with E-state index in [9.17, 15) is 4.79 Å². The summed E-state index contributed by atoms with van der Waals surface area (Å²) < 4.78 is 12.3. The molecule has 3 aromatic rings. The fourth-order valence-electron chi connectivity index (χ4n) is 3.77. The average Bonchev–Trinajstić information content (AvgIpc) is 3.29. The fourth-order valence-corrected chi connectivity index (χ4v) is 4.34. The first-order valence-corrected chi connectivity index (χ1v) is 11.6. The van der Waals surface area contributed by atoms with Crippen molar-refractivity contribution in [1.82, 2.24) is 9.97 Å². The number of esters is 1. The zero-order valence-electron chi connectivity index (χ0n) is 17.6. The minimum atomic E-state index is -0.470. The molecule has 1 heterocycles. The standard InChI is InChI=1S/C25H22BrClN2O3/c1-2-31-25(30)23-14-28-13-22(29-23)19-8-5-7-18(19)20-12-17(27)10-11-24(20)32-15-16-6-3-4-9-21(16)26/h3-4,6,9-14H,2,5,7-8,15H2,1H3. The van der Waals surface area contributed by atoms with Gasteiger partial charge in [-0.15, -0.1) is 0 Å². The van der Waals surface area contributed by atoms with Gasteiger partial charge in [0.1, 0.15) is 12.4 Å². The summed E-state index contributed by atoms with van der Waals surface area (Å²) >= 11 is 9.93. The number of carbonyl (C=O) groups is 1. The average molecular weight is 514 g/mol. The maximum atomic E-state index is 12.1. The summed E-state index contributed by atoms with van der Waals surface area (Å²) in [5, 5.41) is 0.637. The molecule has 1 aliphatic carbocycles. The minimum absolute atomic E-state index is 0.208. The van der Waals surface area contributed by atoms with Crippen LogP contribution in [0, 0.1) is 0 Å². The van der Waals surface area contributed by atoms with Gasteiger partial charge in [0.2, 0.25) is 0 Å². The van der Waals surface area contributed by atoms with Gasteiger partial charge in [0, 0.05) is 20.6 Å². The molecule has 1 aromatic heterocycles. The summed E-state index contributed by atoms with van der Waals surface area (Å²) in [6.07, 6.45) is 5.81. The summed E-state index contributed by atoms with van der Waals surface area (Å²) in [5.74, 6) is 0.288. The van der Waals surface area contributed by atoms with E-state index in [-0.39, 0.29) is 5.69 Å². The molecule has 5 nitrogen and oxygen atoms in total. The zero-order chi connectivity index (χ0) is 22.5. The van der Waals surface area contributed by atoms with Crippen LogP contribution in [-0.2, 0) is 11.3 Å². The third kappa shape index (κ3) is 5.03.